The van der Waals surface area contributed by atoms with Gasteiger partial charge < -0.3 is 19.3 Å². The van der Waals surface area contributed by atoms with E-state index in [9.17, 15) is 14.7 Å². The van der Waals surface area contributed by atoms with E-state index in [-0.39, 0.29) is 23.5 Å². The van der Waals surface area contributed by atoms with E-state index < -0.39 is 5.97 Å². The molecule has 1 unspecified atom stereocenters. The number of ether oxygens (including phenoxy) is 1. The Morgan fingerprint density at radius 1 is 1.05 bits per heavy atom. The maximum Gasteiger partial charge on any atom is 0.335 e. The number of imidazole rings is 1. The smallest absolute Gasteiger partial charge is 0.335 e. The van der Waals surface area contributed by atoms with E-state index in [4.69, 9.17) is 21.3 Å². The predicted octanol–water partition coefficient (Wildman–Crippen LogP) is 5.60. The molecule has 218 valence electrons. The van der Waals surface area contributed by atoms with Crippen LogP contribution in [-0.4, -0.2) is 75.2 Å². The number of carbonyl (C=O) groups is 2. The molecule has 4 aromatic rings. The standard InChI is InChI=1S/C33H35ClN4O4/c1-21-6-8-27(28(34)16-21)22(2)23-4-3-5-24(17-23)32(39)37-13-11-36(12-14-37)20-31-35-29-9-7-25(33(40)41)18-30(29)38(31)19-26-10-15-42-26/h3-9,16-18,22,26H,10-15,19-20H2,1-2H3,(H,40,41)/t22?,26-/m0/s1. The zero-order valence-corrected chi connectivity index (χ0v) is 24.7. The largest absolute Gasteiger partial charge is 0.478 e. The van der Waals surface area contributed by atoms with Gasteiger partial charge in [-0.05, 0) is 66.4 Å². The molecule has 2 aliphatic rings. The molecular formula is C33H35ClN4O4. The highest BCUT2D eigenvalue weighted by molar-refractivity contribution is 6.31. The third kappa shape index (κ3) is 5.79. The zero-order valence-electron chi connectivity index (χ0n) is 23.9. The Bertz CT molecular complexity index is 1640. The van der Waals surface area contributed by atoms with Crippen LogP contribution in [0.15, 0.2) is 60.7 Å². The van der Waals surface area contributed by atoms with Crippen molar-refractivity contribution in [2.24, 2.45) is 0 Å². The predicted molar refractivity (Wildman–Crippen MR) is 162 cm³/mol. The third-order valence-corrected chi connectivity index (χ3v) is 8.86. The molecular weight excluding hydrogens is 552 g/mol. The lowest BCUT2D eigenvalue weighted by Gasteiger charge is -2.35. The van der Waals surface area contributed by atoms with Crippen molar-refractivity contribution in [3.8, 4) is 0 Å². The lowest BCUT2D eigenvalue weighted by atomic mass is 9.91. The average Bonchev–Trinajstić information content (AvgIpc) is 3.30. The van der Waals surface area contributed by atoms with Crippen LogP contribution in [0.3, 0.4) is 0 Å². The van der Waals surface area contributed by atoms with Gasteiger partial charge in [0.1, 0.15) is 5.82 Å². The second-order valence-electron chi connectivity index (χ2n) is 11.4. The van der Waals surface area contributed by atoms with Gasteiger partial charge in [0.25, 0.3) is 5.91 Å². The van der Waals surface area contributed by atoms with E-state index in [0.717, 1.165) is 64.7 Å². The summed E-state index contributed by atoms with van der Waals surface area (Å²) in [5.41, 5.74) is 5.76. The van der Waals surface area contributed by atoms with E-state index in [0.29, 0.717) is 31.7 Å². The maximum atomic E-state index is 13.5. The van der Waals surface area contributed by atoms with Crippen LogP contribution in [0.1, 0.15) is 62.5 Å². The van der Waals surface area contributed by atoms with Crippen LogP contribution in [-0.2, 0) is 17.8 Å². The highest BCUT2D eigenvalue weighted by atomic mass is 35.5. The molecule has 2 aliphatic heterocycles. The van der Waals surface area contributed by atoms with Gasteiger partial charge in [-0.1, -0.05) is 42.8 Å². The van der Waals surface area contributed by atoms with Crippen LogP contribution in [0.2, 0.25) is 5.02 Å². The number of aromatic nitrogens is 2. The Balaban J connectivity index is 1.13. The molecule has 0 saturated carbocycles. The second kappa shape index (κ2) is 11.9. The number of rotatable bonds is 8. The topological polar surface area (TPSA) is 87.9 Å². The van der Waals surface area contributed by atoms with Crippen molar-refractivity contribution in [3.05, 3.63) is 99.3 Å². The summed E-state index contributed by atoms with van der Waals surface area (Å²) in [5, 5.41) is 10.3. The van der Waals surface area contributed by atoms with E-state index in [1.54, 1.807) is 18.2 Å². The van der Waals surface area contributed by atoms with Crippen LogP contribution in [0.5, 0.6) is 0 Å². The summed E-state index contributed by atoms with van der Waals surface area (Å²) in [6.45, 7) is 8.86. The quantitative estimate of drug-likeness (QED) is 0.289. The first-order chi connectivity index (χ1) is 20.3. The zero-order chi connectivity index (χ0) is 29.4. The van der Waals surface area contributed by atoms with Gasteiger partial charge in [-0.25, -0.2) is 9.78 Å². The lowest BCUT2D eigenvalue weighted by molar-refractivity contribution is -0.0592. The van der Waals surface area contributed by atoms with Crippen molar-refractivity contribution >= 4 is 34.5 Å². The molecule has 9 heteroatoms. The first-order valence-corrected chi connectivity index (χ1v) is 14.9. The van der Waals surface area contributed by atoms with Crippen molar-refractivity contribution in [1.82, 2.24) is 19.4 Å². The molecule has 1 amide bonds. The number of aromatic carboxylic acids is 1. The first kappa shape index (κ1) is 28.4. The SMILES string of the molecule is Cc1ccc(C(C)c2cccc(C(=O)N3CCN(Cc4nc5ccc(C(=O)O)cc5n4C[C@@H]4CCO4)CC3)c2)c(Cl)c1. The molecule has 1 aromatic heterocycles. The molecule has 42 heavy (non-hydrogen) atoms. The lowest BCUT2D eigenvalue weighted by Crippen LogP contribution is -2.48. The van der Waals surface area contributed by atoms with Gasteiger partial charge in [0.15, 0.2) is 0 Å². The fourth-order valence-corrected chi connectivity index (χ4v) is 6.26. The number of carbonyl (C=O) groups excluding carboxylic acids is 1. The summed E-state index contributed by atoms with van der Waals surface area (Å²) in [7, 11) is 0. The van der Waals surface area contributed by atoms with E-state index in [1.165, 1.54) is 0 Å². The summed E-state index contributed by atoms with van der Waals surface area (Å²) >= 11 is 6.54. The molecule has 0 bridgehead atoms. The van der Waals surface area contributed by atoms with Gasteiger partial charge in [0, 0.05) is 49.3 Å². The Morgan fingerprint density at radius 2 is 1.83 bits per heavy atom. The summed E-state index contributed by atoms with van der Waals surface area (Å²) in [4.78, 5) is 34.2. The Labute approximate surface area is 250 Å². The molecule has 2 saturated heterocycles. The Kier molecular flexibility index (Phi) is 8.03. The van der Waals surface area contributed by atoms with Crippen LogP contribution in [0.4, 0.5) is 0 Å². The molecule has 0 spiro atoms. The second-order valence-corrected chi connectivity index (χ2v) is 11.8. The van der Waals surface area contributed by atoms with Gasteiger partial charge in [0.05, 0.1) is 35.8 Å². The number of hydrogen-bond acceptors (Lipinski definition) is 5. The molecule has 8 nitrogen and oxygen atoms in total. The van der Waals surface area contributed by atoms with E-state index in [2.05, 4.69) is 34.6 Å². The van der Waals surface area contributed by atoms with Crippen molar-refractivity contribution in [2.45, 2.75) is 45.4 Å². The Hall–Kier alpha value is -3.72. The van der Waals surface area contributed by atoms with Crippen LogP contribution >= 0.6 is 11.6 Å². The molecule has 6 rings (SSSR count). The number of amides is 1. The molecule has 2 atom stereocenters. The normalized spacial score (nSPS) is 18.2. The molecule has 2 fully saturated rings. The van der Waals surface area contributed by atoms with E-state index >= 15 is 0 Å². The van der Waals surface area contributed by atoms with Gasteiger partial charge in [-0.15, -0.1) is 0 Å². The highest BCUT2D eigenvalue weighted by Gasteiger charge is 2.26. The number of hydrogen-bond donors (Lipinski definition) is 1. The molecule has 3 heterocycles. The van der Waals surface area contributed by atoms with Crippen molar-refractivity contribution in [1.29, 1.82) is 0 Å². The minimum absolute atomic E-state index is 0.0364. The number of piperazine rings is 1. The summed E-state index contributed by atoms with van der Waals surface area (Å²) in [5.74, 6) is 0.0400. The maximum absolute atomic E-state index is 13.5. The highest BCUT2D eigenvalue weighted by Crippen LogP contribution is 2.31. The van der Waals surface area contributed by atoms with Gasteiger partial charge in [-0.2, -0.15) is 0 Å². The van der Waals surface area contributed by atoms with Gasteiger partial charge in [-0.3, -0.25) is 9.69 Å². The first-order valence-electron chi connectivity index (χ1n) is 14.5. The number of aryl methyl sites for hydroxylation is 1. The fraction of sp³-hybridized carbons (Fsp3) is 0.364. The van der Waals surface area contributed by atoms with Gasteiger partial charge >= 0.3 is 5.97 Å². The van der Waals surface area contributed by atoms with Crippen molar-refractivity contribution in [3.63, 3.8) is 0 Å². The molecule has 0 aliphatic carbocycles. The number of carboxylic acids is 1. The Morgan fingerprint density at radius 3 is 2.52 bits per heavy atom. The summed E-state index contributed by atoms with van der Waals surface area (Å²) < 4.78 is 7.79. The van der Waals surface area contributed by atoms with Crippen molar-refractivity contribution in [2.75, 3.05) is 32.8 Å². The van der Waals surface area contributed by atoms with Crippen molar-refractivity contribution < 1.29 is 19.4 Å². The minimum Gasteiger partial charge on any atom is -0.478 e. The van der Waals surface area contributed by atoms with Crippen LogP contribution in [0.25, 0.3) is 11.0 Å². The number of nitrogens with zero attached hydrogens (tertiary/aromatic N) is 4. The number of benzene rings is 3. The molecule has 1 N–H and O–H groups in total. The number of carboxylic acid groups (broad SMARTS) is 1. The van der Waals surface area contributed by atoms with Crippen LogP contribution in [0, 0.1) is 6.92 Å². The number of fused-ring (bicyclic) bond motifs is 1. The summed E-state index contributed by atoms with van der Waals surface area (Å²) in [6, 6.07) is 19.1. The van der Waals surface area contributed by atoms with Gasteiger partial charge in [0.2, 0.25) is 0 Å². The fourth-order valence-electron chi connectivity index (χ4n) is 5.86. The van der Waals surface area contributed by atoms with E-state index in [1.807, 2.05) is 36.1 Å². The summed E-state index contributed by atoms with van der Waals surface area (Å²) in [6.07, 6.45) is 1.10. The third-order valence-electron chi connectivity index (χ3n) is 8.53. The molecule has 0 radical (unpaired) electrons. The monoisotopic (exact) mass is 586 g/mol. The average molecular weight is 587 g/mol. The minimum atomic E-state index is -0.953. The molecule has 3 aromatic carbocycles. The number of halogens is 1. The van der Waals surface area contributed by atoms with Crippen LogP contribution < -0.4 is 0 Å².